The minimum atomic E-state index is -0.0659. The van der Waals surface area contributed by atoms with Crippen LogP contribution in [0.25, 0.3) is 10.9 Å². The molecule has 5 heteroatoms. The number of carbonyl (C=O) groups is 2. The molecule has 2 aromatic rings. The Labute approximate surface area is 149 Å². The summed E-state index contributed by atoms with van der Waals surface area (Å²) < 4.78 is 0. The number of amides is 2. The van der Waals surface area contributed by atoms with E-state index in [1.165, 1.54) is 4.90 Å². The monoisotopic (exact) mass is 341 g/mol. The van der Waals surface area contributed by atoms with Gasteiger partial charge in [0.15, 0.2) is 0 Å². The summed E-state index contributed by atoms with van der Waals surface area (Å²) in [5, 5.41) is 1.07. The van der Waals surface area contributed by atoms with Crippen molar-refractivity contribution in [1.82, 2.24) is 14.8 Å². The number of para-hydroxylation sites is 1. The third-order valence-electron chi connectivity index (χ3n) is 4.73. The lowest BCUT2D eigenvalue weighted by atomic mass is 9.99. The van der Waals surface area contributed by atoms with Crippen LogP contribution in [0.4, 0.5) is 0 Å². The van der Waals surface area contributed by atoms with Crippen molar-refractivity contribution >= 4 is 22.7 Å². The van der Waals surface area contributed by atoms with Gasteiger partial charge in [0.2, 0.25) is 11.8 Å². The molecule has 0 radical (unpaired) electrons. The van der Waals surface area contributed by atoms with Crippen LogP contribution in [0, 0.1) is 13.8 Å². The molecule has 2 rings (SSSR count). The molecule has 0 spiro atoms. The van der Waals surface area contributed by atoms with Gasteiger partial charge in [0, 0.05) is 31.2 Å². The lowest BCUT2D eigenvalue weighted by Gasteiger charge is -2.23. The van der Waals surface area contributed by atoms with Gasteiger partial charge in [-0.2, -0.15) is 0 Å². The molecule has 0 saturated carbocycles. The van der Waals surface area contributed by atoms with Crippen LogP contribution in [0.15, 0.2) is 24.3 Å². The van der Waals surface area contributed by atoms with E-state index in [0.717, 1.165) is 27.7 Å². The normalized spacial score (nSPS) is 10.8. The Bertz CT molecular complexity index is 782. The first-order valence-electron chi connectivity index (χ1n) is 8.75. The molecule has 25 heavy (non-hydrogen) atoms. The SMILES string of the molecule is CCN(CC)C(=O)CN(C)C(=O)Cc1c(C)nc2ccccc2c1C. The molecule has 0 bridgehead atoms. The molecule has 0 saturated heterocycles. The molecular formula is C20H27N3O2. The zero-order valence-electron chi connectivity index (χ0n) is 15.8. The molecule has 0 N–H and O–H groups in total. The predicted octanol–water partition coefficient (Wildman–Crippen LogP) is 2.72. The number of hydrogen-bond donors (Lipinski definition) is 0. The van der Waals surface area contributed by atoms with Crippen LogP contribution >= 0.6 is 0 Å². The molecule has 2 amide bonds. The number of pyridine rings is 1. The summed E-state index contributed by atoms with van der Waals surface area (Å²) in [6.45, 7) is 9.27. The van der Waals surface area contributed by atoms with Crippen LogP contribution in [0.5, 0.6) is 0 Å². The first-order valence-corrected chi connectivity index (χ1v) is 8.75. The van der Waals surface area contributed by atoms with Crippen LogP contribution in [-0.4, -0.2) is 53.3 Å². The molecule has 0 fully saturated rings. The standard InChI is InChI=1S/C20H27N3O2/c1-6-23(7-2)20(25)13-22(5)19(24)12-17-14(3)16-10-8-9-11-18(16)21-15(17)4/h8-11H,6-7,12-13H2,1-5H3. The van der Waals surface area contributed by atoms with E-state index in [-0.39, 0.29) is 24.8 Å². The van der Waals surface area contributed by atoms with Gasteiger partial charge in [0.05, 0.1) is 18.5 Å². The number of carbonyl (C=O) groups excluding carboxylic acids is 2. The smallest absolute Gasteiger partial charge is 0.242 e. The maximum Gasteiger partial charge on any atom is 0.242 e. The lowest BCUT2D eigenvalue weighted by Crippen LogP contribution is -2.41. The number of nitrogens with zero attached hydrogens (tertiary/aromatic N) is 3. The summed E-state index contributed by atoms with van der Waals surface area (Å²) in [6.07, 6.45) is 0.261. The molecule has 1 aromatic carbocycles. The van der Waals surface area contributed by atoms with Crippen molar-refractivity contribution in [2.24, 2.45) is 0 Å². The van der Waals surface area contributed by atoms with Gasteiger partial charge in [-0.25, -0.2) is 0 Å². The van der Waals surface area contributed by atoms with Crippen molar-refractivity contribution in [3.63, 3.8) is 0 Å². The van der Waals surface area contributed by atoms with Crippen molar-refractivity contribution in [3.8, 4) is 0 Å². The largest absolute Gasteiger partial charge is 0.342 e. The maximum absolute atomic E-state index is 12.6. The fourth-order valence-electron chi connectivity index (χ4n) is 3.08. The third kappa shape index (κ3) is 4.16. The Hall–Kier alpha value is -2.43. The Morgan fingerprint density at radius 1 is 1.04 bits per heavy atom. The summed E-state index contributed by atoms with van der Waals surface area (Å²) >= 11 is 0. The van der Waals surface area contributed by atoms with E-state index in [1.807, 2.05) is 52.0 Å². The van der Waals surface area contributed by atoms with Crippen molar-refractivity contribution in [2.75, 3.05) is 26.7 Å². The number of fused-ring (bicyclic) bond motifs is 1. The highest BCUT2D eigenvalue weighted by Crippen LogP contribution is 2.23. The predicted molar refractivity (Wildman–Crippen MR) is 100 cm³/mol. The van der Waals surface area contributed by atoms with Gasteiger partial charge in [0.25, 0.3) is 0 Å². The fraction of sp³-hybridized carbons (Fsp3) is 0.450. The minimum absolute atomic E-state index is 0.0223. The van der Waals surface area contributed by atoms with Crippen LogP contribution in [0.2, 0.25) is 0 Å². The third-order valence-corrected chi connectivity index (χ3v) is 4.73. The van der Waals surface area contributed by atoms with Crippen LogP contribution in [-0.2, 0) is 16.0 Å². The molecule has 0 unspecified atom stereocenters. The Kier molecular flexibility index (Phi) is 6.12. The summed E-state index contributed by atoms with van der Waals surface area (Å²) in [7, 11) is 1.68. The summed E-state index contributed by atoms with van der Waals surface area (Å²) in [6, 6.07) is 7.95. The van der Waals surface area contributed by atoms with Crippen molar-refractivity contribution in [1.29, 1.82) is 0 Å². The van der Waals surface area contributed by atoms with Crippen LogP contribution in [0.3, 0.4) is 0 Å². The van der Waals surface area contributed by atoms with Gasteiger partial charge >= 0.3 is 0 Å². The molecule has 0 aliphatic heterocycles. The minimum Gasteiger partial charge on any atom is -0.342 e. The van der Waals surface area contributed by atoms with Crippen molar-refractivity contribution in [2.45, 2.75) is 34.1 Å². The average Bonchev–Trinajstić information content (AvgIpc) is 2.59. The van der Waals surface area contributed by atoms with E-state index in [2.05, 4.69) is 4.98 Å². The first-order chi connectivity index (χ1) is 11.9. The van der Waals surface area contributed by atoms with Gasteiger partial charge in [-0.15, -0.1) is 0 Å². The molecule has 0 atom stereocenters. The summed E-state index contributed by atoms with van der Waals surface area (Å²) in [5.74, 6) is -0.0882. The van der Waals surface area contributed by atoms with Gasteiger partial charge in [-0.1, -0.05) is 18.2 Å². The molecule has 1 heterocycles. The Balaban J connectivity index is 2.17. The van der Waals surface area contributed by atoms with Gasteiger partial charge in [-0.3, -0.25) is 14.6 Å². The quantitative estimate of drug-likeness (QED) is 0.812. The lowest BCUT2D eigenvalue weighted by molar-refractivity contribution is -0.138. The molecule has 5 nitrogen and oxygen atoms in total. The number of benzene rings is 1. The zero-order chi connectivity index (χ0) is 18.6. The second-order valence-corrected chi connectivity index (χ2v) is 6.31. The van der Waals surface area contributed by atoms with E-state index in [0.29, 0.717) is 13.1 Å². The van der Waals surface area contributed by atoms with E-state index in [1.54, 1.807) is 11.9 Å². The number of likely N-dealkylation sites (N-methyl/N-ethyl adjacent to an activating group) is 2. The highest BCUT2D eigenvalue weighted by Gasteiger charge is 2.19. The number of aromatic nitrogens is 1. The highest BCUT2D eigenvalue weighted by atomic mass is 16.2. The summed E-state index contributed by atoms with van der Waals surface area (Å²) in [4.78, 5) is 32.7. The Morgan fingerprint density at radius 3 is 2.32 bits per heavy atom. The fourth-order valence-corrected chi connectivity index (χ4v) is 3.08. The first kappa shape index (κ1) is 18.9. The molecule has 0 aliphatic carbocycles. The van der Waals surface area contributed by atoms with Gasteiger partial charge in [0.1, 0.15) is 0 Å². The number of hydrogen-bond acceptors (Lipinski definition) is 3. The second kappa shape index (κ2) is 8.10. The number of aryl methyl sites for hydroxylation is 2. The molecule has 0 aliphatic rings. The van der Waals surface area contributed by atoms with Crippen molar-refractivity contribution in [3.05, 3.63) is 41.1 Å². The van der Waals surface area contributed by atoms with E-state index in [4.69, 9.17) is 0 Å². The Morgan fingerprint density at radius 2 is 1.68 bits per heavy atom. The molecular weight excluding hydrogens is 314 g/mol. The van der Waals surface area contributed by atoms with E-state index >= 15 is 0 Å². The molecule has 134 valence electrons. The molecule has 1 aromatic heterocycles. The zero-order valence-corrected chi connectivity index (χ0v) is 15.8. The average molecular weight is 341 g/mol. The number of rotatable bonds is 6. The van der Waals surface area contributed by atoms with Crippen molar-refractivity contribution < 1.29 is 9.59 Å². The van der Waals surface area contributed by atoms with E-state index < -0.39 is 0 Å². The summed E-state index contributed by atoms with van der Waals surface area (Å²) in [5.41, 5.74) is 3.84. The topological polar surface area (TPSA) is 53.5 Å². The van der Waals surface area contributed by atoms with Crippen LogP contribution in [0.1, 0.15) is 30.7 Å². The van der Waals surface area contributed by atoms with E-state index in [9.17, 15) is 9.59 Å². The van der Waals surface area contributed by atoms with Gasteiger partial charge < -0.3 is 9.80 Å². The van der Waals surface area contributed by atoms with Crippen LogP contribution < -0.4 is 0 Å². The second-order valence-electron chi connectivity index (χ2n) is 6.31. The maximum atomic E-state index is 12.6. The van der Waals surface area contributed by atoms with Gasteiger partial charge in [-0.05, 0) is 44.9 Å². The highest BCUT2D eigenvalue weighted by molar-refractivity contribution is 5.88.